The van der Waals surface area contributed by atoms with Crippen LogP contribution in [-0.4, -0.2) is 47.4 Å². The van der Waals surface area contributed by atoms with Gasteiger partial charge in [-0.2, -0.15) is 0 Å². The minimum atomic E-state index is -0.561. The largest absolute Gasteiger partial charge is 0.368 e. The summed E-state index contributed by atoms with van der Waals surface area (Å²) in [5, 5.41) is 0. The van der Waals surface area contributed by atoms with E-state index in [2.05, 4.69) is 0 Å². The lowest BCUT2D eigenvalue weighted by atomic mass is 9.90. The van der Waals surface area contributed by atoms with Gasteiger partial charge in [0.2, 0.25) is 5.91 Å². The normalized spacial score (nSPS) is 28.8. The van der Waals surface area contributed by atoms with Gasteiger partial charge in [0, 0.05) is 13.6 Å². The van der Waals surface area contributed by atoms with Gasteiger partial charge in [-0.15, -0.1) is 0 Å². The summed E-state index contributed by atoms with van der Waals surface area (Å²) in [4.78, 5) is 26.6. The number of carbonyl (C=O) groups is 2. The van der Waals surface area contributed by atoms with Gasteiger partial charge in [0.05, 0.1) is 6.04 Å². The Bertz CT molecular complexity index is 375. The topological polar surface area (TPSA) is 66.6 Å². The van der Waals surface area contributed by atoms with Gasteiger partial charge in [-0.3, -0.25) is 4.79 Å². The van der Waals surface area contributed by atoms with Crippen molar-refractivity contribution in [2.45, 2.75) is 25.9 Å². The van der Waals surface area contributed by atoms with Gasteiger partial charge in [-0.25, -0.2) is 4.79 Å². The molecule has 0 unspecified atom stereocenters. The maximum atomic E-state index is 11.9. The van der Waals surface area contributed by atoms with Crippen LogP contribution < -0.4 is 5.73 Å². The SMILES string of the molecule is CC(C)C1=C[C@@H]2CN(C(=O)N2C)[C@@H]1C(N)=O. The Labute approximate surface area is 94.9 Å². The zero-order chi connectivity index (χ0) is 12.0. The first kappa shape index (κ1) is 11.0. The fraction of sp³-hybridized carbons (Fsp3) is 0.636. The Balaban J connectivity index is 2.43. The van der Waals surface area contributed by atoms with Crippen LogP contribution >= 0.6 is 0 Å². The van der Waals surface area contributed by atoms with Crippen LogP contribution in [0.25, 0.3) is 0 Å². The van der Waals surface area contributed by atoms with E-state index in [1.54, 1.807) is 16.8 Å². The zero-order valence-electron chi connectivity index (χ0n) is 9.80. The van der Waals surface area contributed by atoms with Crippen LogP contribution in [0, 0.1) is 5.92 Å². The van der Waals surface area contributed by atoms with Crippen molar-refractivity contribution in [3.05, 3.63) is 11.6 Å². The van der Waals surface area contributed by atoms with E-state index in [-0.39, 0.29) is 18.0 Å². The summed E-state index contributed by atoms with van der Waals surface area (Å²) >= 11 is 0. The van der Waals surface area contributed by atoms with E-state index in [4.69, 9.17) is 5.73 Å². The molecule has 5 nitrogen and oxygen atoms in total. The third kappa shape index (κ3) is 1.38. The Kier molecular flexibility index (Phi) is 2.40. The summed E-state index contributed by atoms with van der Waals surface area (Å²) in [6.07, 6.45) is 2.02. The summed E-state index contributed by atoms with van der Waals surface area (Å²) in [5.74, 6) is -0.218. The van der Waals surface area contributed by atoms with Crippen molar-refractivity contribution in [3.63, 3.8) is 0 Å². The Hall–Kier alpha value is -1.52. The highest BCUT2D eigenvalue weighted by Crippen LogP contribution is 2.31. The number of primary amides is 1. The second-order valence-electron chi connectivity index (χ2n) is 4.74. The van der Waals surface area contributed by atoms with Crippen LogP contribution in [0.4, 0.5) is 4.79 Å². The number of likely N-dealkylation sites (N-methyl/N-ethyl adjacent to an activating group) is 1. The van der Waals surface area contributed by atoms with Crippen molar-refractivity contribution in [2.75, 3.05) is 13.6 Å². The summed E-state index contributed by atoms with van der Waals surface area (Å²) in [6, 6.07) is -0.588. The van der Waals surface area contributed by atoms with E-state index < -0.39 is 11.9 Å². The molecule has 0 aromatic rings. The number of hydrogen-bond donors (Lipinski definition) is 1. The Morgan fingerprint density at radius 2 is 2.19 bits per heavy atom. The van der Waals surface area contributed by atoms with Gasteiger partial charge in [0.15, 0.2) is 0 Å². The number of nitrogens with zero attached hydrogens (tertiary/aromatic N) is 2. The number of nitrogens with two attached hydrogens (primary N) is 1. The minimum Gasteiger partial charge on any atom is -0.368 e. The van der Waals surface area contributed by atoms with Gasteiger partial charge in [-0.05, 0) is 11.5 Å². The number of rotatable bonds is 2. The van der Waals surface area contributed by atoms with Gasteiger partial charge in [0.25, 0.3) is 0 Å². The van der Waals surface area contributed by atoms with E-state index in [9.17, 15) is 9.59 Å². The quantitative estimate of drug-likeness (QED) is 0.678. The molecule has 2 atom stereocenters. The summed E-state index contributed by atoms with van der Waals surface area (Å²) in [7, 11) is 1.75. The lowest BCUT2D eigenvalue weighted by Gasteiger charge is -2.31. The van der Waals surface area contributed by atoms with Crippen molar-refractivity contribution in [1.29, 1.82) is 0 Å². The van der Waals surface area contributed by atoms with Crippen molar-refractivity contribution in [2.24, 2.45) is 11.7 Å². The first-order valence-electron chi connectivity index (χ1n) is 5.47. The minimum absolute atomic E-state index is 0.0838. The van der Waals surface area contributed by atoms with Crippen LogP contribution in [-0.2, 0) is 4.79 Å². The molecule has 1 saturated heterocycles. The highest BCUT2D eigenvalue weighted by atomic mass is 16.2. The van der Waals surface area contributed by atoms with Crippen LogP contribution in [0.1, 0.15) is 13.8 Å². The zero-order valence-corrected chi connectivity index (χ0v) is 9.80. The molecule has 0 radical (unpaired) electrons. The molecule has 0 saturated carbocycles. The number of hydrogen-bond acceptors (Lipinski definition) is 2. The highest BCUT2D eigenvalue weighted by molar-refractivity contribution is 5.91. The predicted molar refractivity (Wildman–Crippen MR) is 59.6 cm³/mol. The first-order valence-corrected chi connectivity index (χ1v) is 5.47. The van der Waals surface area contributed by atoms with Crippen LogP contribution in [0.2, 0.25) is 0 Å². The van der Waals surface area contributed by atoms with Gasteiger partial charge in [-0.1, -0.05) is 19.9 Å². The molecule has 2 N–H and O–H groups in total. The fourth-order valence-corrected chi connectivity index (χ4v) is 2.45. The summed E-state index contributed by atoms with van der Waals surface area (Å²) < 4.78 is 0. The maximum Gasteiger partial charge on any atom is 0.321 e. The second kappa shape index (κ2) is 3.50. The standard InChI is InChI=1S/C11H17N3O2/c1-6(2)8-4-7-5-14(9(8)10(12)15)11(16)13(7)3/h4,6-7,9H,5H2,1-3H3,(H2,12,15)/t7-,9+/m1/s1. The molecule has 0 aromatic carbocycles. The molecule has 88 valence electrons. The van der Waals surface area contributed by atoms with Crippen LogP contribution in [0.15, 0.2) is 11.6 Å². The molecule has 5 heteroatoms. The van der Waals surface area contributed by atoms with Crippen molar-refractivity contribution >= 4 is 11.9 Å². The molecule has 2 aliphatic rings. The molecule has 2 rings (SSSR count). The molecule has 1 fully saturated rings. The van der Waals surface area contributed by atoms with E-state index in [0.717, 1.165) is 5.57 Å². The smallest absolute Gasteiger partial charge is 0.321 e. The van der Waals surface area contributed by atoms with Gasteiger partial charge < -0.3 is 15.5 Å². The molecule has 0 aromatic heterocycles. The highest BCUT2D eigenvalue weighted by Gasteiger charge is 2.45. The molecule has 0 spiro atoms. The lowest BCUT2D eigenvalue weighted by Crippen LogP contribution is -2.49. The van der Waals surface area contributed by atoms with Gasteiger partial charge in [0.1, 0.15) is 6.04 Å². The molecule has 16 heavy (non-hydrogen) atoms. The summed E-state index contributed by atoms with van der Waals surface area (Å²) in [5.41, 5.74) is 6.36. The van der Waals surface area contributed by atoms with Crippen LogP contribution in [0.3, 0.4) is 0 Å². The Morgan fingerprint density at radius 1 is 1.56 bits per heavy atom. The average molecular weight is 223 g/mol. The molecule has 2 heterocycles. The summed E-state index contributed by atoms with van der Waals surface area (Å²) in [6.45, 7) is 4.59. The van der Waals surface area contributed by atoms with Crippen molar-refractivity contribution in [3.8, 4) is 0 Å². The number of carbonyl (C=O) groups excluding carboxylic acids is 2. The van der Waals surface area contributed by atoms with Crippen molar-refractivity contribution < 1.29 is 9.59 Å². The molecule has 0 aliphatic carbocycles. The maximum absolute atomic E-state index is 11.9. The second-order valence-corrected chi connectivity index (χ2v) is 4.74. The first-order chi connectivity index (χ1) is 7.43. The average Bonchev–Trinajstić information content (AvgIpc) is 2.43. The van der Waals surface area contributed by atoms with E-state index in [1.165, 1.54) is 0 Å². The van der Waals surface area contributed by atoms with E-state index in [0.29, 0.717) is 6.54 Å². The predicted octanol–water partition coefficient (Wildman–Crippen LogP) is 0.172. The van der Waals surface area contributed by atoms with E-state index >= 15 is 0 Å². The number of urea groups is 1. The molecular formula is C11H17N3O2. The number of amides is 3. The van der Waals surface area contributed by atoms with Crippen LogP contribution in [0.5, 0.6) is 0 Å². The van der Waals surface area contributed by atoms with E-state index in [1.807, 2.05) is 19.9 Å². The number of fused-ring (bicyclic) bond motifs is 2. The molecule has 2 bridgehead atoms. The third-order valence-electron chi connectivity index (χ3n) is 3.38. The molecular weight excluding hydrogens is 206 g/mol. The van der Waals surface area contributed by atoms with Gasteiger partial charge >= 0.3 is 6.03 Å². The third-order valence-corrected chi connectivity index (χ3v) is 3.38. The van der Waals surface area contributed by atoms with Crippen molar-refractivity contribution in [1.82, 2.24) is 9.80 Å². The fourth-order valence-electron chi connectivity index (χ4n) is 2.45. The molecule has 2 aliphatic heterocycles. The Morgan fingerprint density at radius 3 is 2.69 bits per heavy atom. The lowest BCUT2D eigenvalue weighted by molar-refractivity contribution is -0.121. The monoisotopic (exact) mass is 223 g/mol. The molecule has 3 amide bonds.